The Balaban J connectivity index is 1.45. The molecule has 1 aliphatic heterocycles. The molecule has 33 heavy (non-hydrogen) atoms. The third kappa shape index (κ3) is 5.36. The molecule has 0 aliphatic carbocycles. The molecule has 1 aromatic carbocycles. The number of unbranched alkanes of at least 4 members (excludes halogenated alkanes) is 1. The third-order valence-corrected chi connectivity index (χ3v) is 6.82. The topological polar surface area (TPSA) is 102 Å². The molecule has 3 heterocycles. The van der Waals surface area contributed by atoms with Gasteiger partial charge in [-0.3, -0.25) is 9.59 Å². The number of nitrogens with zero attached hydrogens (tertiary/aromatic N) is 4. The molecule has 10 heteroatoms. The van der Waals surface area contributed by atoms with Gasteiger partial charge in [-0.05, 0) is 24.1 Å². The van der Waals surface area contributed by atoms with Crippen LogP contribution in [0.5, 0.6) is 5.75 Å². The highest BCUT2D eigenvalue weighted by Gasteiger charge is 2.37. The van der Waals surface area contributed by atoms with Crippen LogP contribution in [0.25, 0.3) is 10.9 Å². The maximum atomic E-state index is 13.4. The van der Waals surface area contributed by atoms with Crippen molar-refractivity contribution in [1.82, 2.24) is 19.8 Å². The van der Waals surface area contributed by atoms with Crippen LogP contribution in [0.2, 0.25) is 4.34 Å². The minimum atomic E-state index is -0.487. The Morgan fingerprint density at radius 1 is 1.30 bits per heavy atom. The highest BCUT2D eigenvalue weighted by molar-refractivity contribution is 7.14. The van der Waals surface area contributed by atoms with E-state index in [2.05, 4.69) is 16.9 Å². The van der Waals surface area contributed by atoms with E-state index in [-0.39, 0.29) is 18.4 Å². The van der Waals surface area contributed by atoms with E-state index in [0.29, 0.717) is 42.0 Å². The minimum absolute atomic E-state index is 0.0380. The summed E-state index contributed by atoms with van der Waals surface area (Å²) in [6, 6.07) is 6.94. The number of rotatable bonds is 8. The number of nitrogen functional groups attached to an aromatic ring is 1. The first-order valence-electron chi connectivity index (χ1n) is 10.9. The van der Waals surface area contributed by atoms with Crippen LogP contribution < -0.4 is 10.5 Å². The van der Waals surface area contributed by atoms with Crippen molar-refractivity contribution in [1.29, 1.82) is 0 Å². The first-order valence-corrected chi connectivity index (χ1v) is 12.2. The molecule has 0 saturated carbocycles. The lowest BCUT2D eigenvalue weighted by Crippen LogP contribution is -2.59. The molecule has 1 saturated heterocycles. The van der Waals surface area contributed by atoms with E-state index in [1.165, 1.54) is 17.7 Å². The van der Waals surface area contributed by atoms with Gasteiger partial charge in [-0.1, -0.05) is 37.4 Å². The van der Waals surface area contributed by atoms with Gasteiger partial charge in [0.2, 0.25) is 5.91 Å². The monoisotopic (exact) mass is 487 g/mol. The summed E-state index contributed by atoms with van der Waals surface area (Å²) in [5.41, 5.74) is 7.62. The SMILES string of the molecule is CCCCC1C(=O)N(Cc2ccc3c(N)ncnc3c2)CCN1C(=O)COc1csc(Cl)c1. The summed E-state index contributed by atoms with van der Waals surface area (Å²) in [7, 11) is 0. The maximum Gasteiger partial charge on any atom is 0.261 e. The fraction of sp³-hybridized carbons (Fsp3) is 0.391. The van der Waals surface area contributed by atoms with Gasteiger partial charge < -0.3 is 20.3 Å². The molecule has 4 rings (SSSR count). The highest BCUT2D eigenvalue weighted by Crippen LogP contribution is 2.26. The zero-order valence-corrected chi connectivity index (χ0v) is 19.9. The maximum absolute atomic E-state index is 13.4. The van der Waals surface area contributed by atoms with Crippen LogP contribution in [-0.2, 0) is 16.1 Å². The number of nitrogens with two attached hydrogens (primary N) is 1. The van der Waals surface area contributed by atoms with Crippen molar-refractivity contribution in [2.75, 3.05) is 25.4 Å². The fourth-order valence-corrected chi connectivity index (χ4v) is 4.80. The number of carbonyl (C=O) groups excluding carboxylic acids is 2. The first kappa shape index (κ1) is 23.3. The lowest BCUT2D eigenvalue weighted by Gasteiger charge is -2.40. The third-order valence-electron chi connectivity index (χ3n) is 5.75. The summed E-state index contributed by atoms with van der Waals surface area (Å²) >= 11 is 7.27. The van der Waals surface area contributed by atoms with Gasteiger partial charge in [0.15, 0.2) is 6.61 Å². The molecule has 174 valence electrons. The standard InChI is InChI=1S/C23H26ClN5O3S/c1-2-3-4-19-23(31)28(11-15-5-6-17-18(9-15)26-14-27-22(17)25)7-8-29(19)21(30)12-32-16-10-20(24)33-13-16/h5-6,9-10,13-14,19H,2-4,7-8,11-12H2,1H3,(H2,25,26,27). The zero-order chi connectivity index (χ0) is 23.4. The lowest BCUT2D eigenvalue weighted by atomic mass is 10.0. The number of fused-ring (bicyclic) bond motifs is 1. The second-order valence-corrected chi connectivity index (χ2v) is 9.53. The molecular formula is C23H26ClN5O3S. The normalized spacial score (nSPS) is 16.4. The summed E-state index contributed by atoms with van der Waals surface area (Å²) in [6.45, 7) is 3.34. The van der Waals surface area contributed by atoms with E-state index in [1.54, 1.807) is 16.3 Å². The quantitative estimate of drug-likeness (QED) is 0.519. The molecule has 1 unspecified atom stereocenters. The molecule has 8 nitrogen and oxygen atoms in total. The van der Waals surface area contributed by atoms with Crippen LogP contribution in [0.3, 0.4) is 0 Å². The van der Waals surface area contributed by atoms with Crippen LogP contribution in [-0.4, -0.2) is 57.3 Å². The number of amides is 2. The second kappa shape index (κ2) is 10.4. The average molecular weight is 488 g/mol. The first-order chi connectivity index (χ1) is 16.0. The van der Waals surface area contributed by atoms with E-state index in [0.717, 1.165) is 29.3 Å². The lowest BCUT2D eigenvalue weighted by molar-refractivity contribution is -0.153. The molecule has 2 N–H and O–H groups in total. The van der Waals surface area contributed by atoms with Gasteiger partial charge in [0.25, 0.3) is 5.91 Å². The van der Waals surface area contributed by atoms with Gasteiger partial charge >= 0.3 is 0 Å². The number of thiophene rings is 1. The minimum Gasteiger partial charge on any atom is -0.483 e. The number of piperazine rings is 1. The van der Waals surface area contributed by atoms with Crippen molar-refractivity contribution in [3.05, 3.63) is 45.9 Å². The molecular weight excluding hydrogens is 462 g/mol. The van der Waals surface area contributed by atoms with Crippen molar-refractivity contribution in [2.24, 2.45) is 0 Å². The van der Waals surface area contributed by atoms with E-state index in [1.807, 2.05) is 23.1 Å². The van der Waals surface area contributed by atoms with Gasteiger partial charge in [0, 0.05) is 36.5 Å². The smallest absolute Gasteiger partial charge is 0.261 e. The number of halogens is 1. The molecule has 1 aliphatic rings. The van der Waals surface area contributed by atoms with Gasteiger partial charge in [0.05, 0.1) is 9.85 Å². The van der Waals surface area contributed by atoms with Gasteiger partial charge in [-0.2, -0.15) is 0 Å². The Labute approximate surface area is 201 Å². The Hall–Kier alpha value is -2.91. The number of aromatic nitrogens is 2. The van der Waals surface area contributed by atoms with Crippen LogP contribution in [0, 0.1) is 0 Å². The van der Waals surface area contributed by atoms with Crippen LogP contribution in [0.4, 0.5) is 5.82 Å². The highest BCUT2D eigenvalue weighted by atomic mass is 35.5. The molecule has 0 bridgehead atoms. The molecule has 3 aromatic rings. The van der Waals surface area contributed by atoms with Crippen molar-refractivity contribution in [3.8, 4) is 5.75 Å². The average Bonchev–Trinajstić information content (AvgIpc) is 3.23. The molecule has 2 amide bonds. The predicted molar refractivity (Wildman–Crippen MR) is 129 cm³/mol. The number of carbonyl (C=O) groups is 2. The van der Waals surface area contributed by atoms with Crippen LogP contribution in [0.15, 0.2) is 36.0 Å². The van der Waals surface area contributed by atoms with Crippen molar-refractivity contribution >= 4 is 51.5 Å². The molecule has 1 fully saturated rings. The second-order valence-electron chi connectivity index (χ2n) is 7.99. The van der Waals surface area contributed by atoms with Crippen LogP contribution in [0.1, 0.15) is 31.7 Å². The van der Waals surface area contributed by atoms with Gasteiger partial charge in [-0.15, -0.1) is 11.3 Å². The number of anilines is 1. The van der Waals surface area contributed by atoms with Gasteiger partial charge in [0.1, 0.15) is 23.9 Å². The summed E-state index contributed by atoms with van der Waals surface area (Å²) < 4.78 is 6.19. The van der Waals surface area contributed by atoms with Crippen molar-refractivity contribution in [2.45, 2.75) is 38.8 Å². The Kier molecular flexibility index (Phi) is 7.29. The fourth-order valence-electron chi connectivity index (χ4n) is 4.01. The Morgan fingerprint density at radius 2 is 2.15 bits per heavy atom. The van der Waals surface area contributed by atoms with Gasteiger partial charge in [-0.25, -0.2) is 9.97 Å². The predicted octanol–water partition coefficient (Wildman–Crippen LogP) is 3.74. The largest absolute Gasteiger partial charge is 0.483 e. The summed E-state index contributed by atoms with van der Waals surface area (Å²) in [5.74, 6) is 0.767. The van der Waals surface area contributed by atoms with Crippen LogP contribution >= 0.6 is 22.9 Å². The number of benzene rings is 1. The Morgan fingerprint density at radius 3 is 2.91 bits per heavy atom. The van der Waals surface area contributed by atoms with E-state index >= 15 is 0 Å². The molecule has 0 spiro atoms. The van der Waals surface area contributed by atoms with E-state index < -0.39 is 6.04 Å². The molecule has 1 atom stereocenters. The van der Waals surface area contributed by atoms with Crippen molar-refractivity contribution in [3.63, 3.8) is 0 Å². The van der Waals surface area contributed by atoms with E-state index in [9.17, 15) is 9.59 Å². The molecule has 0 radical (unpaired) electrons. The Bertz CT molecular complexity index is 1150. The summed E-state index contributed by atoms with van der Waals surface area (Å²) in [6.07, 6.45) is 3.87. The molecule has 2 aromatic heterocycles. The van der Waals surface area contributed by atoms with Crippen molar-refractivity contribution < 1.29 is 14.3 Å². The summed E-state index contributed by atoms with van der Waals surface area (Å²) in [4.78, 5) is 38.1. The number of ether oxygens (including phenoxy) is 1. The zero-order valence-electron chi connectivity index (χ0n) is 18.4. The van der Waals surface area contributed by atoms with E-state index in [4.69, 9.17) is 22.1 Å². The summed E-state index contributed by atoms with van der Waals surface area (Å²) in [5, 5.41) is 2.55. The number of hydrogen-bond acceptors (Lipinski definition) is 7. The number of hydrogen-bond donors (Lipinski definition) is 1.